The molecule has 1 saturated heterocycles. The normalized spacial score (nSPS) is 14.7. The number of hydrogen-bond acceptors (Lipinski definition) is 7. The van der Waals surface area contributed by atoms with E-state index in [0.29, 0.717) is 0 Å². The Bertz CT molecular complexity index is 1060. The molecule has 3 aromatic heterocycles. The van der Waals surface area contributed by atoms with E-state index in [9.17, 15) is 0 Å². The summed E-state index contributed by atoms with van der Waals surface area (Å²) in [7, 11) is 0. The third-order valence-corrected chi connectivity index (χ3v) is 5.64. The van der Waals surface area contributed by atoms with Gasteiger partial charge in [0.05, 0.1) is 10.4 Å². The number of pyridine rings is 1. The van der Waals surface area contributed by atoms with Gasteiger partial charge in [0.15, 0.2) is 0 Å². The first-order valence-corrected chi connectivity index (χ1v) is 9.73. The van der Waals surface area contributed by atoms with E-state index in [0.717, 1.165) is 49.2 Å². The summed E-state index contributed by atoms with van der Waals surface area (Å²) in [6.45, 7) is 3.58. The highest BCUT2D eigenvalue weighted by molar-refractivity contribution is 7.13. The highest BCUT2D eigenvalue weighted by Gasteiger charge is 2.22. The largest absolute Gasteiger partial charge is 0.352 e. The minimum absolute atomic E-state index is 0.777. The molecule has 0 aliphatic carbocycles. The van der Waals surface area contributed by atoms with Crippen LogP contribution in [0, 0.1) is 0 Å². The van der Waals surface area contributed by atoms with Gasteiger partial charge in [-0.1, -0.05) is 12.1 Å². The SMILES string of the molecule is c1cncc(-c2ccnc(N3CCN(c4nsc5ccccc45)CC3)n2)c1. The fourth-order valence-corrected chi connectivity index (χ4v) is 4.19. The standard InChI is InChI=1S/C20H18N6S/c1-2-6-18-16(5-1)19(24-27-18)25-10-12-26(13-11-25)20-22-9-7-17(23-20)15-4-3-8-21-14-15/h1-9,14H,10-13H2. The predicted octanol–water partition coefficient (Wildman–Crippen LogP) is 3.47. The van der Waals surface area contributed by atoms with Gasteiger partial charge in [-0.15, -0.1) is 0 Å². The maximum absolute atomic E-state index is 4.75. The van der Waals surface area contributed by atoms with Crippen molar-refractivity contribution in [1.29, 1.82) is 0 Å². The molecule has 1 aliphatic heterocycles. The van der Waals surface area contributed by atoms with Crippen molar-refractivity contribution in [2.45, 2.75) is 0 Å². The van der Waals surface area contributed by atoms with Gasteiger partial charge in [-0.25, -0.2) is 9.97 Å². The van der Waals surface area contributed by atoms with Crippen LogP contribution in [0.25, 0.3) is 21.3 Å². The third kappa shape index (κ3) is 3.10. The molecule has 0 unspecified atom stereocenters. The number of benzene rings is 1. The number of piperazine rings is 1. The van der Waals surface area contributed by atoms with E-state index in [1.807, 2.05) is 30.6 Å². The van der Waals surface area contributed by atoms with Crippen LogP contribution >= 0.6 is 11.5 Å². The summed E-state index contributed by atoms with van der Waals surface area (Å²) < 4.78 is 5.92. The van der Waals surface area contributed by atoms with Crippen LogP contribution in [0.15, 0.2) is 61.1 Å². The average Bonchev–Trinajstić information content (AvgIpc) is 3.19. The van der Waals surface area contributed by atoms with E-state index in [-0.39, 0.29) is 0 Å². The van der Waals surface area contributed by atoms with E-state index in [2.05, 4.69) is 48.4 Å². The summed E-state index contributed by atoms with van der Waals surface area (Å²) in [6.07, 6.45) is 5.43. The monoisotopic (exact) mass is 374 g/mol. The molecule has 0 saturated carbocycles. The summed E-state index contributed by atoms with van der Waals surface area (Å²) >= 11 is 1.57. The lowest BCUT2D eigenvalue weighted by atomic mass is 10.2. The summed E-state index contributed by atoms with van der Waals surface area (Å²) in [5, 5.41) is 1.24. The summed E-state index contributed by atoms with van der Waals surface area (Å²) in [4.78, 5) is 18.0. The van der Waals surface area contributed by atoms with Crippen LogP contribution in [0.5, 0.6) is 0 Å². The second kappa shape index (κ2) is 6.92. The zero-order valence-electron chi connectivity index (χ0n) is 14.7. The lowest BCUT2D eigenvalue weighted by Gasteiger charge is -2.35. The number of anilines is 2. The van der Waals surface area contributed by atoms with Crippen molar-refractivity contribution in [2.24, 2.45) is 0 Å². The molecule has 0 radical (unpaired) electrons. The van der Waals surface area contributed by atoms with Crippen LogP contribution in [0.4, 0.5) is 11.8 Å². The lowest BCUT2D eigenvalue weighted by Crippen LogP contribution is -2.47. The minimum Gasteiger partial charge on any atom is -0.352 e. The molecular formula is C20H18N6S. The van der Waals surface area contributed by atoms with E-state index >= 15 is 0 Å². The van der Waals surface area contributed by atoms with Crippen molar-refractivity contribution in [3.8, 4) is 11.3 Å². The molecule has 1 aromatic carbocycles. The van der Waals surface area contributed by atoms with Crippen LogP contribution in [-0.2, 0) is 0 Å². The highest BCUT2D eigenvalue weighted by atomic mass is 32.1. The third-order valence-electron chi connectivity index (χ3n) is 4.82. The Kier molecular flexibility index (Phi) is 4.14. The van der Waals surface area contributed by atoms with E-state index in [1.54, 1.807) is 17.7 Å². The number of nitrogens with zero attached hydrogens (tertiary/aromatic N) is 6. The molecule has 0 atom stereocenters. The fraction of sp³-hybridized carbons (Fsp3) is 0.200. The molecule has 5 rings (SSSR count). The Morgan fingerprint density at radius 3 is 2.56 bits per heavy atom. The van der Waals surface area contributed by atoms with Gasteiger partial charge in [-0.2, -0.15) is 4.37 Å². The fourth-order valence-electron chi connectivity index (χ4n) is 3.39. The molecule has 0 N–H and O–H groups in total. The van der Waals surface area contributed by atoms with Crippen LogP contribution in [-0.4, -0.2) is 45.5 Å². The number of hydrogen-bond donors (Lipinski definition) is 0. The van der Waals surface area contributed by atoms with Gasteiger partial charge < -0.3 is 9.80 Å². The Labute approximate surface area is 161 Å². The number of fused-ring (bicyclic) bond motifs is 1. The van der Waals surface area contributed by atoms with Gasteiger partial charge in [-0.3, -0.25) is 4.98 Å². The Hall–Kier alpha value is -3.06. The molecule has 4 heterocycles. The molecule has 1 aliphatic rings. The summed E-state index contributed by atoms with van der Waals surface area (Å²) in [6, 6.07) is 14.3. The zero-order valence-corrected chi connectivity index (χ0v) is 15.5. The van der Waals surface area contributed by atoms with Crippen molar-refractivity contribution >= 4 is 33.4 Å². The molecule has 0 bridgehead atoms. The van der Waals surface area contributed by atoms with Gasteiger partial charge >= 0.3 is 0 Å². The van der Waals surface area contributed by atoms with Gasteiger partial charge in [0.1, 0.15) is 5.82 Å². The van der Waals surface area contributed by atoms with Crippen LogP contribution < -0.4 is 9.80 Å². The van der Waals surface area contributed by atoms with Gasteiger partial charge in [0.25, 0.3) is 0 Å². The first kappa shape index (κ1) is 16.1. The quantitative estimate of drug-likeness (QED) is 0.547. The number of aromatic nitrogens is 4. The number of rotatable bonds is 3. The zero-order chi connectivity index (χ0) is 18.1. The second-order valence-corrected chi connectivity index (χ2v) is 7.26. The Morgan fingerprint density at radius 2 is 1.70 bits per heavy atom. The van der Waals surface area contributed by atoms with Gasteiger partial charge in [0, 0.05) is 55.7 Å². The summed E-state index contributed by atoms with van der Waals surface area (Å²) in [5.41, 5.74) is 1.91. The molecule has 1 fully saturated rings. The molecule has 134 valence electrons. The van der Waals surface area contributed by atoms with Crippen molar-refractivity contribution in [2.75, 3.05) is 36.0 Å². The molecule has 6 nitrogen and oxygen atoms in total. The predicted molar refractivity (Wildman–Crippen MR) is 109 cm³/mol. The minimum atomic E-state index is 0.777. The van der Waals surface area contributed by atoms with Crippen molar-refractivity contribution in [3.05, 3.63) is 61.1 Å². The first-order valence-electron chi connectivity index (χ1n) is 8.96. The molecular weight excluding hydrogens is 356 g/mol. The van der Waals surface area contributed by atoms with Crippen LogP contribution in [0.3, 0.4) is 0 Å². The molecule has 0 spiro atoms. The van der Waals surface area contributed by atoms with Crippen molar-refractivity contribution < 1.29 is 0 Å². The molecule has 27 heavy (non-hydrogen) atoms. The average molecular weight is 374 g/mol. The van der Waals surface area contributed by atoms with Crippen LogP contribution in [0.1, 0.15) is 0 Å². The smallest absolute Gasteiger partial charge is 0.225 e. The van der Waals surface area contributed by atoms with E-state index < -0.39 is 0 Å². The van der Waals surface area contributed by atoms with Gasteiger partial charge in [-0.05, 0) is 41.9 Å². The Balaban J connectivity index is 1.34. The van der Waals surface area contributed by atoms with Crippen molar-refractivity contribution in [3.63, 3.8) is 0 Å². The second-order valence-electron chi connectivity index (χ2n) is 6.46. The molecule has 0 amide bonds. The van der Waals surface area contributed by atoms with E-state index in [1.165, 1.54) is 10.1 Å². The maximum Gasteiger partial charge on any atom is 0.225 e. The van der Waals surface area contributed by atoms with E-state index in [4.69, 9.17) is 4.98 Å². The highest BCUT2D eigenvalue weighted by Crippen LogP contribution is 2.30. The molecule has 7 heteroatoms. The Morgan fingerprint density at radius 1 is 0.852 bits per heavy atom. The maximum atomic E-state index is 4.75. The van der Waals surface area contributed by atoms with Crippen molar-refractivity contribution in [1.82, 2.24) is 19.3 Å². The molecule has 4 aromatic rings. The lowest BCUT2D eigenvalue weighted by molar-refractivity contribution is 0.638. The first-order chi connectivity index (χ1) is 13.4. The topological polar surface area (TPSA) is 58.0 Å². The summed E-state index contributed by atoms with van der Waals surface area (Å²) in [5.74, 6) is 1.87. The van der Waals surface area contributed by atoms with Gasteiger partial charge in [0.2, 0.25) is 5.95 Å². The van der Waals surface area contributed by atoms with Crippen LogP contribution in [0.2, 0.25) is 0 Å².